The molecule has 2 aliphatic carbocycles. The second-order valence-electron chi connectivity index (χ2n) is 10.5. The first-order valence-corrected chi connectivity index (χ1v) is 12.8. The number of esters is 1. The molecule has 0 bridgehead atoms. The third-order valence-corrected chi connectivity index (χ3v) is 8.71. The highest BCUT2D eigenvalue weighted by Crippen LogP contribution is 2.57. The number of carbonyl (C=O) groups excluding carboxylic acids is 1. The standard InChI is InChI=1S/C28H34ClNO4/c1-18(17-31)12-21-14-20-13-19-6-11-34-25(19)16-24(20)27(21)7-9-28(10-8-27,26(32)33-2)30-23-5-3-4-22(29)15-23/h3-5,13,15-16,18,21,30-31H,6-12,14,17H2,1-2H3/t18-,21?,27?,28?/m1/s1. The highest BCUT2D eigenvalue weighted by Gasteiger charge is 2.54. The van der Waals surface area contributed by atoms with Crippen LogP contribution in [0.2, 0.25) is 5.02 Å². The second kappa shape index (κ2) is 9.09. The van der Waals surface area contributed by atoms with E-state index in [1.165, 1.54) is 23.8 Å². The summed E-state index contributed by atoms with van der Waals surface area (Å²) in [7, 11) is 1.46. The molecule has 2 atom stereocenters. The van der Waals surface area contributed by atoms with Gasteiger partial charge in [-0.15, -0.1) is 0 Å². The minimum Gasteiger partial charge on any atom is -0.493 e. The number of fused-ring (bicyclic) bond motifs is 3. The topological polar surface area (TPSA) is 67.8 Å². The number of halogens is 1. The Labute approximate surface area is 206 Å². The van der Waals surface area contributed by atoms with Gasteiger partial charge in [0.25, 0.3) is 0 Å². The number of ether oxygens (including phenoxy) is 2. The molecule has 34 heavy (non-hydrogen) atoms. The van der Waals surface area contributed by atoms with Crippen molar-refractivity contribution in [3.05, 3.63) is 58.1 Å². The van der Waals surface area contributed by atoms with Crippen molar-refractivity contribution in [2.75, 3.05) is 25.6 Å². The van der Waals surface area contributed by atoms with E-state index >= 15 is 0 Å². The molecular formula is C28H34ClNO4. The van der Waals surface area contributed by atoms with Gasteiger partial charge in [0.15, 0.2) is 0 Å². The Morgan fingerprint density at radius 3 is 2.74 bits per heavy atom. The van der Waals surface area contributed by atoms with Crippen LogP contribution in [0.1, 0.15) is 55.7 Å². The number of aliphatic hydroxyl groups is 1. The Hall–Kier alpha value is -2.24. The summed E-state index contributed by atoms with van der Waals surface area (Å²) in [5.74, 6) is 1.49. The molecule has 3 aliphatic rings. The molecule has 1 heterocycles. The molecule has 182 valence electrons. The fourth-order valence-corrected chi connectivity index (χ4v) is 6.87. The minimum absolute atomic E-state index is 0.0206. The van der Waals surface area contributed by atoms with Crippen LogP contribution in [-0.4, -0.2) is 36.9 Å². The second-order valence-corrected chi connectivity index (χ2v) is 10.9. The van der Waals surface area contributed by atoms with Crippen molar-refractivity contribution in [3.63, 3.8) is 0 Å². The summed E-state index contributed by atoms with van der Waals surface area (Å²) < 4.78 is 11.2. The van der Waals surface area contributed by atoms with Gasteiger partial charge in [-0.05, 0) is 96.7 Å². The zero-order valence-electron chi connectivity index (χ0n) is 20.0. The molecule has 2 aromatic rings. The number of nitrogens with one attached hydrogen (secondary N) is 1. The number of benzene rings is 2. The van der Waals surface area contributed by atoms with Crippen molar-refractivity contribution >= 4 is 23.3 Å². The third-order valence-electron chi connectivity index (χ3n) is 8.48. The predicted octanol–water partition coefficient (Wildman–Crippen LogP) is 5.30. The maximum absolute atomic E-state index is 13.1. The average Bonchev–Trinajstić information content (AvgIpc) is 3.41. The number of anilines is 1. The Morgan fingerprint density at radius 2 is 2.03 bits per heavy atom. The van der Waals surface area contributed by atoms with Crippen molar-refractivity contribution < 1.29 is 19.4 Å². The molecule has 6 heteroatoms. The zero-order chi connectivity index (χ0) is 23.9. The fraction of sp³-hybridized carbons (Fsp3) is 0.536. The largest absolute Gasteiger partial charge is 0.493 e. The quantitative estimate of drug-likeness (QED) is 0.545. The van der Waals surface area contributed by atoms with Crippen LogP contribution in [0.5, 0.6) is 5.75 Å². The molecule has 1 unspecified atom stereocenters. The van der Waals surface area contributed by atoms with Gasteiger partial charge in [-0.2, -0.15) is 0 Å². The van der Waals surface area contributed by atoms with E-state index in [9.17, 15) is 9.90 Å². The molecule has 5 rings (SSSR count). The number of aliphatic hydroxyl groups excluding tert-OH is 1. The van der Waals surface area contributed by atoms with E-state index < -0.39 is 5.54 Å². The van der Waals surface area contributed by atoms with Gasteiger partial charge in [0, 0.05) is 23.7 Å². The van der Waals surface area contributed by atoms with Crippen molar-refractivity contribution in [1.29, 1.82) is 0 Å². The molecular weight excluding hydrogens is 450 g/mol. The van der Waals surface area contributed by atoms with Crippen molar-refractivity contribution in [3.8, 4) is 5.75 Å². The summed E-state index contributed by atoms with van der Waals surface area (Å²) in [6.07, 6.45) is 6.08. The summed E-state index contributed by atoms with van der Waals surface area (Å²) >= 11 is 6.22. The van der Waals surface area contributed by atoms with Gasteiger partial charge in [0.2, 0.25) is 0 Å². The normalized spacial score (nSPS) is 28.2. The summed E-state index contributed by atoms with van der Waals surface area (Å²) in [4.78, 5) is 13.1. The van der Waals surface area contributed by atoms with E-state index in [-0.39, 0.29) is 23.9 Å². The van der Waals surface area contributed by atoms with E-state index in [0.29, 0.717) is 23.8 Å². The Morgan fingerprint density at radius 1 is 1.24 bits per heavy atom. The first-order valence-electron chi connectivity index (χ1n) is 12.4. The first-order chi connectivity index (χ1) is 16.4. The molecule has 2 N–H and O–H groups in total. The van der Waals surface area contributed by atoms with Gasteiger partial charge in [-0.1, -0.05) is 30.7 Å². The van der Waals surface area contributed by atoms with E-state index in [4.69, 9.17) is 21.1 Å². The van der Waals surface area contributed by atoms with Crippen LogP contribution in [0, 0.1) is 11.8 Å². The molecule has 0 aromatic heterocycles. The third kappa shape index (κ3) is 3.97. The van der Waals surface area contributed by atoms with Gasteiger partial charge in [0.1, 0.15) is 11.3 Å². The zero-order valence-corrected chi connectivity index (χ0v) is 20.8. The Balaban J connectivity index is 1.48. The molecule has 0 radical (unpaired) electrons. The highest BCUT2D eigenvalue weighted by molar-refractivity contribution is 6.30. The molecule has 1 aliphatic heterocycles. The number of hydrogen-bond donors (Lipinski definition) is 2. The molecule has 1 fully saturated rings. The highest BCUT2D eigenvalue weighted by atomic mass is 35.5. The van der Waals surface area contributed by atoms with Crippen LogP contribution in [-0.2, 0) is 27.8 Å². The average molecular weight is 484 g/mol. The van der Waals surface area contributed by atoms with E-state index in [0.717, 1.165) is 50.1 Å². The molecule has 0 saturated heterocycles. The Bertz CT molecular complexity index is 1080. The summed E-state index contributed by atoms with van der Waals surface area (Å²) in [5.41, 5.74) is 4.16. The van der Waals surface area contributed by atoms with Crippen LogP contribution in [0.15, 0.2) is 36.4 Å². The molecule has 0 amide bonds. The van der Waals surface area contributed by atoms with Crippen LogP contribution >= 0.6 is 11.6 Å². The van der Waals surface area contributed by atoms with Crippen molar-refractivity contribution in [1.82, 2.24) is 0 Å². The molecule has 1 spiro atoms. The maximum Gasteiger partial charge on any atom is 0.331 e. The van der Waals surface area contributed by atoms with Crippen LogP contribution in [0.25, 0.3) is 0 Å². The van der Waals surface area contributed by atoms with Crippen LogP contribution in [0.4, 0.5) is 5.69 Å². The van der Waals surface area contributed by atoms with Crippen molar-refractivity contribution in [2.24, 2.45) is 11.8 Å². The van der Waals surface area contributed by atoms with Gasteiger partial charge in [0.05, 0.1) is 13.7 Å². The minimum atomic E-state index is -0.784. The number of carbonyl (C=O) groups is 1. The van der Waals surface area contributed by atoms with Gasteiger partial charge in [-0.3, -0.25) is 0 Å². The van der Waals surface area contributed by atoms with Crippen LogP contribution < -0.4 is 10.1 Å². The first kappa shape index (κ1) is 23.5. The lowest BCUT2D eigenvalue weighted by molar-refractivity contribution is -0.148. The molecule has 1 saturated carbocycles. The van der Waals surface area contributed by atoms with Crippen molar-refractivity contribution in [2.45, 2.75) is 62.8 Å². The Kier molecular flexibility index (Phi) is 6.28. The van der Waals surface area contributed by atoms with Gasteiger partial charge >= 0.3 is 5.97 Å². The lowest BCUT2D eigenvalue weighted by Crippen LogP contribution is -2.53. The van der Waals surface area contributed by atoms with E-state index in [1.807, 2.05) is 24.3 Å². The number of hydrogen-bond acceptors (Lipinski definition) is 5. The van der Waals surface area contributed by atoms with Gasteiger partial charge < -0.3 is 19.9 Å². The number of rotatable bonds is 6. The van der Waals surface area contributed by atoms with Crippen LogP contribution in [0.3, 0.4) is 0 Å². The lowest BCUT2D eigenvalue weighted by atomic mass is 9.59. The summed E-state index contributed by atoms with van der Waals surface area (Å²) in [6.45, 7) is 3.08. The monoisotopic (exact) mass is 483 g/mol. The number of methoxy groups -OCH3 is 1. The van der Waals surface area contributed by atoms with E-state index in [1.54, 1.807) is 0 Å². The van der Waals surface area contributed by atoms with Gasteiger partial charge in [-0.25, -0.2) is 4.79 Å². The lowest BCUT2D eigenvalue weighted by Gasteiger charge is -2.47. The SMILES string of the molecule is COC(=O)C1(Nc2cccc(Cl)c2)CCC2(CC1)c1cc3c(cc1CC2C[C@@H](C)CO)CCO3. The summed E-state index contributed by atoms with van der Waals surface area (Å²) in [6, 6.07) is 12.2. The molecule has 5 nitrogen and oxygen atoms in total. The molecule has 2 aromatic carbocycles. The maximum atomic E-state index is 13.1. The summed E-state index contributed by atoms with van der Waals surface area (Å²) in [5, 5.41) is 13.9. The van der Waals surface area contributed by atoms with E-state index in [2.05, 4.69) is 24.4 Å². The predicted molar refractivity (Wildman–Crippen MR) is 134 cm³/mol. The smallest absolute Gasteiger partial charge is 0.331 e. The fourth-order valence-electron chi connectivity index (χ4n) is 6.68.